The summed E-state index contributed by atoms with van der Waals surface area (Å²) in [6.45, 7) is 1.80. The van der Waals surface area contributed by atoms with Gasteiger partial charge in [-0.05, 0) is 13.0 Å². The molecule has 0 saturated carbocycles. The first kappa shape index (κ1) is 10.8. The summed E-state index contributed by atoms with van der Waals surface area (Å²) in [4.78, 5) is 11.8. The van der Waals surface area contributed by atoms with Crippen LogP contribution in [0.5, 0.6) is 0 Å². The number of hydrogen-bond donors (Lipinski definition) is 1. The number of aryl methyl sites for hydroxylation is 1. The van der Waals surface area contributed by atoms with E-state index in [0.29, 0.717) is 21.4 Å². The minimum atomic E-state index is -0.965. The van der Waals surface area contributed by atoms with Gasteiger partial charge in [0.05, 0.1) is 5.56 Å². The number of fused-ring (bicyclic) bond motifs is 1. The van der Waals surface area contributed by atoms with E-state index in [1.807, 2.05) is 0 Å². The first-order valence-corrected chi connectivity index (χ1v) is 6.00. The fraction of sp³-hybridized carbons (Fsp3) is 0.0909. The highest BCUT2D eigenvalue weighted by Crippen LogP contribution is 2.28. The molecule has 0 aliphatic rings. The highest BCUT2D eigenvalue weighted by atomic mass is 32.1. The van der Waals surface area contributed by atoms with Crippen molar-refractivity contribution < 1.29 is 9.90 Å². The van der Waals surface area contributed by atoms with Gasteiger partial charge < -0.3 is 5.11 Å². The first-order chi connectivity index (χ1) is 8.66. The molecule has 0 atom stereocenters. The number of carboxylic acids is 1. The van der Waals surface area contributed by atoms with Gasteiger partial charge in [0.1, 0.15) is 5.01 Å². The van der Waals surface area contributed by atoms with Crippen LogP contribution in [0.4, 0.5) is 0 Å². The Hall–Kier alpha value is -2.28. The summed E-state index contributed by atoms with van der Waals surface area (Å²) in [5, 5.41) is 22.0. The Balaban J connectivity index is 2.22. The molecule has 3 rings (SSSR count). The van der Waals surface area contributed by atoms with Gasteiger partial charge in [-0.15, -0.1) is 10.2 Å². The van der Waals surface area contributed by atoms with Crippen molar-refractivity contribution in [2.75, 3.05) is 0 Å². The lowest BCUT2D eigenvalue weighted by Crippen LogP contribution is -1.99. The highest BCUT2D eigenvalue weighted by Gasteiger charge is 2.16. The van der Waals surface area contributed by atoms with E-state index in [9.17, 15) is 4.79 Å². The summed E-state index contributed by atoms with van der Waals surface area (Å²) in [6, 6.07) is 6.78. The summed E-state index contributed by atoms with van der Waals surface area (Å²) < 4.78 is 1.61. The summed E-state index contributed by atoms with van der Waals surface area (Å²) in [5.74, 6) is -0.284. The van der Waals surface area contributed by atoms with Crippen molar-refractivity contribution in [3.63, 3.8) is 0 Å². The van der Waals surface area contributed by atoms with Crippen molar-refractivity contribution in [3.05, 3.63) is 35.7 Å². The van der Waals surface area contributed by atoms with Crippen LogP contribution in [-0.4, -0.2) is 30.9 Å². The largest absolute Gasteiger partial charge is 0.478 e. The summed E-state index contributed by atoms with van der Waals surface area (Å²) in [7, 11) is 0. The Morgan fingerprint density at radius 2 is 2.11 bits per heavy atom. The molecular formula is C11H8N4O2S. The number of benzene rings is 1. The van der Waals surface area contributed by atoms with Gasteiger partial charge in [0.15, 0.2) is 5.82 Å². The SMILES string of the molecule is Cc1nnc2sc(-c3ccccc3C(=O)O)nn12. The zero-order valence-electron chi connectivity index (χ0n) is 9.36. The van der Waals surface area contributed by atoms with Crippen LogP contribution in [0.25, 0.3) is 15.5 Å². The number of carboxylic acid groups (broad SMARTS) is 1. The van der Waals surface area contributed by atoms with Gasteiger partial charge in [-0.1, -0.05) is 29.5 Å². The van der Waals surface area contributed by atoms with E-state index < -0.39 is 5.97 Å². The third-order valence-electron chi connectivity index (χ3n) is 2.53. The molecule has 0 aliphatic carbocycles. The van der Waals surface area contributed by atoms with Crippen LogP contribution in [0.1, 0.15) is 16.2 Å². The van der Waals surface area contributed by atoms with Crippen LogP contribution in [0, 0.1) is 6.92 Å². The van der Waals surface area contributed by atoms with E-state index in [1.165, 1.54) is 11.3 Å². The summed E-state index contributed by atoms with van der Waals surface area (Å²) >= 11 is 1.32. The maximum absolute atomic E-state index is 11.2. The van der Waals surface area contributed by atoms with Gasteiger partial charge in [-0.3, -0.25) is 0 Å². The highest BCUT2D eigenvalue weighted by molar-refractivity contribution is 7.19. The fourth-order valence-electron chi connectivity index (χ4n) is 1.68. The predicted molar refractivity (Wildman–Crippen MR) is 65.8 cm³/mol. The van der Waals surface area contributed by atoms with Crippen LogP contribution < -0.4 is 0 Å². The second kappa shape index (κ2) is 3.88. The van der Waals surface area contributed by atoms with E-state index in [1.54, 1.807) is 35.7 Å². The number of hydrogen-bond acceptors (Lipinski definition) is 5. The first-order valence-electron chi connectivity index (χ1n) is 5.18. The molecule has 0 aliphatic heterocycles. The molecule has 3 aromatic rings. The Labute approximate surface area is 106 Å². The minimum Gasteiger partial charge on any atom is -0.478 e. The predicted octanol–water partition coefficient (Wildman–Crippen LogP) is 1.86. The molecule has 7 heteroatoms. The van der Waals surface area contributed by atoms with Crippen LogP contribution >= 0.6 is 11.3 Å². The lowest BCUT2D eigenvalue weighted by molar-refractivity contribution is 0.0697. The maximum atomic E-state index is 11.2. The van der Waals surface area contributed by atoms with Gasteiger partial charge in [0, 0.05) is 5.56 Å². The Morgan fingerprint density at radius 1 is 1.33 bits per heavy atom. The number of aromatic carboxylic acids is 1. The van der Waals surface area contributed by atoms with Crippen molar-refractivity contribution in [3.8, 4) is 10.6 Å². The monoisotopic (exact) mass is 260 g/mol. The number of nitrogens with zero attached hydrogens (tertiary/aromatic N) is 4. The molecule has 0 saturated heterocycles. The average Bonchev–Trinajstić information content (AvgIpc) is 2.92. The average molecular weight is 260 g/mol. The Kier molecular flexibility index (Phi) is 2.34. The topological polar surface area (TPSA) is 80.4 Å². The number of aromatic nitrogens is 4. The van der Waals surface area contributed by atoms with Crippen LogP contribution in [0.3, 0.4) is 0 Å². The second-order valence-electron chi connectivity index (χ2n) is 3.70. The molecular weight excluding hydrogens is 252 g/mol. The normalized spacial score (nSPS) is 10.9. The molecule has 90 valence electrons. The van der Waals surface area contributed by atoms with Crippen molar-refractivity contribution in [1.29, 1.82) is 0 Å². The Bertz CT molecular complexity index is 746. The molecule has 2 aromatic heterocycles. The Morgan fingerprint density at radius 3 is 2.83 bits per heavy atom. The smallest absolute Gasteiger partial charge is 0.336 e. The molecule has 0 amide bonds. The minimum absolute atomic E-state index is 0.236. The lowest BCUT2D eigenvalue weighted by Gasteiger charge is -2.00. The summed E-state index contributed by atoms with van der Waals surface area (Å²) in [5.41, 5.74) is 0.833. The molecule has 6 nitrogen and oxygen atoms in total. The lowest BCUT2D eigenvalue weighted by atomic mass is 10.1. The van der Waals surface area contributed by atoms with Crippen LogP contribution in [0.2, 0.25) is 0 Å². The molecule has 0 spiro atoms. The van der Waals surface area contributed by atoms with Gasteiger partial charge in [-0.2, -0.15) is 9.61 Å². The second-order valence-corrected chi connectivity index (χ2v) is 4.66. The van der Waals surface area contributed by atoms with Crippen molar-refractivity contribution >= 4 is 22.3 Å². The van der Waals surface area contributed by atoms with Crippen LogP contribution in [-0.2, 0) is 0 Å². The molecule has 0 bridgehead atoms. The third-order valence-corrected chi connectivity index (χ3v) is 3.47. The number of rotatable bonds is 2. The fourth-order valence-corrected chi connectivity index (χ4v) is 2.60. The van der Waals surface area contributed by atoms with Crippen molar-refractivity contribution in [1.82, 2.24) is 19.8 Å². The van der Waals surface area contributed by atoms with E-state index in [4.69, 9.17) is 5.11 Å². The summed E-state index contributed by atoms with van der Waals surface area (Å²) in [6.07, 6.45) is 0. The van der Waals surface area contributed by atoms with E-state index >= 15 is 0 Å². The quantitative estimate of drug-likeness (QED) is 0.760. The molecule has 0 fully saturated rings. The molecule has 2 heterocycles. The van der Waals surface area contributed by atoms with E-state index in [2.05, 4.69) is 15.3 Å². The van der Waals surface area contributed by atoms with Crippen LogP contribution in [0.15, 0.2) is 24.3 Å². The van der Waals surface area contributed by atoms with E-state index in [0.717, 1.165) is 0 Å². The van der Waals surface area contributed by atoms with Crippen molar-refractivity contribution in [2.45, 2.75) is 6.92 Å². The number of carbonyl (C=O) groups is 1. The molecule has 18 heavy (non-hydrogen) atoms. The van der Waals surface area contributed by atoms with Gasteiger partial charge >= 0.3 is 5.97 Å². The molecule has 0 unspecified atom stereocenters. The van der Waals surface area contributed by atoms with Gasteiger partial charge in [0.2, 0.25) is 4.96 Å². The zero-order valence-corrected chi connectivity index (χ0v) is 10.2. The molecule has 0 radical (unpaired) electrons. The van der Waals surface area contributed by atoms with Gasteiger partial charge in [-0.25, -0.2) is 4.79 Å². The molecule has 1 N–H and O–H groups in total. The van der Waals surface area contributed by atoms with E-state index in [-0.39, 0.29) is 5.56 Å². The van der Waals surface area contributed by atoms with Crippen molar-refractivity contribution in [2.24, 2.45) is 0 Å². The standard InChI is InChI=1S/C11H8N4O2S/c1-6-12-13-11-15(6)14-9(18-11)7-4-2-3-5-8(7)10(16)17/h2-5H,1H3,(H,16,17). The zero-order chi connectivity index (χ0) is 12.7. The third kappa shape index (κ3) is 1.56. The maximum Gasteiger partial charge on any atom is 0.336 e. The van der Waals surface area contributed by atoms with Gasteiger partial charge in [0.25, 0.3) is 0 Å². The molecule has 1 aromatic carbocycles.